The number of allylic oxidation sites excluding steroid dienone is 6. The summed E-state index contributed by atoms with van der Waals surface area (Å²) >= 11 is 0. The van der Waals surface area contributed by atoms with E-state index in [4.69, 9.17) is 19.4 Å². The first-order chi connectivity index (χ1) is 34.0. The van der Waals surface area contributed by atoms with Crippen LogP contribution in [0, 0.1) is 6.92 Å². The third-order valence-electron chi connectivity index (χ3n) is 12.8. The fraction of sp³-hybridized carbons (Fsp3) is 0.356. The van der Waals surface area contributed by atoms with Gasteiger partial charge in [-0.05, 0) is 106 Å². The molecule has 7 rings (SSSR count). The van der Waals surface area contributed by atoms with Crippen LogP contribution in [0.2, 0.25) is 0 Å². The molecule has 0 aliphatic heterocycles. The molecule has 0 unspecified atom stereocenters. The third kappa shape index (κ3) is 19.3. The van der Waals surface area contributed by atoms with Gasteiger partial charge in [0.05, 0.1) is 56.3 Å². The van der Waals surface area contributed by atoms with E-state index in [9.17, 15) is 16.8 Å². The molecule has 12 heteroatoms. The number of hydrogen-bond acceptors (Lipinski definition) is 9. The predicted molar refractivity (Wildman–Crippen MR) is 290 cm³/mol. The summed E-state index contributed by atoms with van der Waals surface area (Å²) in [5.74, 6) is 0.337. The number of nitrogens with one attached hydrogen (secondary N) is 2. The maximum atomic E-state index is 12.2. The van der Waals surface area contributed by atoms with Crippen LogP contribution in [0.15, 0.2) is 196 Å². The number of benzene rings is 5. The molecular formula is C59H75N3O7S2. The molecular weight excluding hydrogens is 927 g/mol. The van der Waals surface area contributed by atoms with Crippen LogP contribution >= 0.6 is 0 Å². The van der Waals surface area contributed by atoms with Gasteiger partial charge in [-0.2, -0.15) is 8.42 Å². The van der Waals surface area contributed by atoms with Crippen molar-refractivity contribution in [3.8, 4) is 0 Å². The minimum absolute atomic E-state index is 0.0251. The lowest BCUT2D eigenvalue weighted by Crippen LogP contribution is -2.39. The first-order valence-electron chi connectivity index (χ1n) is 24.4. The molecule has 0 radical (unpaired) electrons. The van der Waals surface area contributed by atoms with Gasteiger partial charge < -0.3 is 20.5 Å². The van der Waals surface area contributed by atoms with Crippen molar-refractivity contribution in [1.82, 2.24) is 10.0 Å². The van der Waals surface area contributed by atoms with E-state index in [1.54, 1.807) is 24.3 Å². The fourth-order valence-corrected chi connectivity index (χ4v) is 9.82. The zero-order valence-corrected chi connectivity index (χ0v) is 44.3. The average molecular weight is 1000 g/mol. The minimum Gasteiger partial charge on any atom is -0.376 e. The molecule has 380 valence electrons. The Hall–Kier alpha value is -5.28. The van der Waals surface area contributed by atoms with Crippen molar-refractivity contribution in [3.05, 3.63) is 219 Å². The van der Waals surface area contributed by atoms with Crippen molar-refractivity contribution in [1.29, 1.82) is 0 Å². The summed E-state index contributed by atoms with van der Waals surface area (Å²) in [6.07, 6.45) is 9.56. The number of sulfonamides is 1. The van der Waals surface area contributed by atoms with E-state index in [1.165, 1.54) is 50.8 Å². The molecule has 0 saturated heterocycles. The van der Waals surface area contributed by atoms with Gasteiger partial charge in [-0.3, -0.25) is 4.18 Å². The van der Waals surface area contributed by atoms with Gasteiger partial charge in [-0.1, -0.05) is 180 Å². The molecule has 0 saturated carbocycles. The molecule has 71 heavy (non-hydrogen) atoms. The SMILES string of the molecule is CC1=C(C)CC(COCCN[C@H](c2ccccc2)[C@H](NS(C)(=O)=O)c2ccccc2)=CC1.CC1=C(C)CC(COCCOS(=O)(=O)c2ccc(C)cc2)=CC1.C[C@H](c1ccccc1)[C@H](N)c1ccccc1. The highest BCUT2D eigenvalue weighted by molar-refractivity contribution is 7.88. The molecule has 5 aromatic rings. The topological polar surface area (TPSA) is 146 Å². The van der Waals surface area contributed by atoms with Gasteiger partial charge in [0.25, 0.3) is 10.1 Å². The summed E-state index contributed by atoms with van der Waals surface area (Å²) in [5, 5.41) is 3.53. The Morgan fingerprint density at radius 2 is 0.972 bits per heavy atom. The first-order valence-corrected chi connectivity index (χ1v) is 27.7. The van der Waals surface area contributed by atoms with Crippen LogP contribution in [0.3, 0.4) is 0 Å². The predicted octanol–water partition coefficient (Wildman–Crippen LogP) is 11.9. The van der Waals surface area contributed by atoms with E-state index in [1.807, 2.05) is 91.9 Å². The van der Waals surface area contributed by atoms with Gasteiger partial charge in [0.1, 0.15) is 0 Å². The molecule has 2 aliphatic rings. The molecule has 4 N–H and O–H groups in total. The molecule has 2 aliphatic carbocycles. The van der Waals surface area contributed by atoms with Crippen molar-refractivity contribution < 1.29 is 30.5 Å². The monoisotopic (exact) mass is 1000 g/mol. The number of nitrogens with two attached hydrogens (primary N) is 1. The molecule has 0 spiro atoms. The summed E-state index contributed by atoms with van der Waals surface area (Å²) in [6.45, 7) is 15.3. The zero-order chi connectivity index (χ0) is 51.2. The van der Waals surface area contributed by atoms with Gasteiger partial charge >= 0.3 is 0 Å². The summed E-state index contributed by atoms with van der Waals surface area (Å²) in [4.78, 5) is 0.175. The summed E-state index contributed by atoms with van der Waals surface area (Å²) < 4.78 is 67.6. The summed E-state index contributed by atoms with van der Waals surface area (Å²) in [5.41, 5.74) is 20.0. The van der Waals surface area contributed by atoms with Crippen LogP contribution in [-0.4, -0.2) is 62.7 Å². The second kappa shape index (κ2) is 28.7. The van der Waals surface area contributed by atoms with Crippen LogP contribution in [0.25, 0.3) is 0 Å². The smallest absolute Gasteiger partial charge is 0.297 e. The lowest BCUT2D eigenvalue weighted by Gasteiger charge is -2.29. The maximum absolute atomic E-state index is 12.2. The van der Waals surface area contributed by atoms with E-state index in [2.05, 4.69) is 93.2 Å². The fourth-order valence-electron chi connectivity index (χ4n) is 8.20. The van der Waals surface area contributed by atoms with Gasteiger partial charge in [0.2, 0.25) is 10.0 Å². The molecule has 0 amide bonds. The van der Waals surface area contributed by atoms with E-state index >= 15 is 0 Å². The molecule has 0 bridgehead atoms. The van der Waals surface area contributed by atoms with E-state index in [0.717, 1.165) is 42.4 Å². The largest absolute Gasteiger partial charge is 0.376 e. The van der Waals surface area contributed by atoms with Gasteiger partial charge in [0.15, 0.2) is 0 Å². The standard InChI is InChI=1S/C26H34N2O3S.C18H24O4S.C15H17N/c1-20-14-15-22(18-21(20)2)19-31-17-16-27-25(23-10-6-4-7-11-23)26(28-32(3,29)30)24-12-8-5-9-13-24;1-14-4-8-18(9-5-14)23(19,20)22-11-10-21-13-17-7-6-15(2)16(3)12-17;1-12(13-8-4-2-5-9-13)15(16)14-10-6-3-7-11-14/h4-13,15,25-28H,14,16-19H2,1-3H3;4-5,7-9H,6,10-13H2,1-3H3;2-12,15H,16H2,1H3/t25-,26-;;12-,15+/m1.1/s1. The number of ether oxygens (including phenoxy) is 2. The normalized spacial score (nSPS) is 15.8. The Bertz CT molecular complexity index is 2700. The molecule has 4 atom stereocenters. The summed E-state index contributed by atoms with van der Waals surface area (Å²) in [7, 11) is -7.12. The molecule has 0 heterocycles. The average Bonchev–Trinajstić information content (AvgIpc) is 3.37. The number of hydrogen-bond donors (Lipinski definition) is 3. The van der Waals surface area contributed by atoms with Crippen molar-refractivity contribution >= 4 is 20.1 Å². The number of rotatable bonds is 21. The Morgan fingerprint density at radius 3 is 1.44 bits per heavy atom. The van der Waals surface area contributed by atoms with E-state index < -0.39 is 26.2 Å². The highest BCUT2D eigenvalue weighted by atomic mass is 32.2. The van der Waals surface area contributed by atoms with Crippen LogP contribution in [0.4, 0.5) is 0 Å². The quantitative estimate of drug-likeness (QED) is 0.0371. The number of aryl methyl sites for hydroxylation is 1. The molecule has 0 aromatic heterocycles. The lowest BCUT2D eigenvalue weighted by molar-refractivity contribution is 0.117. The maximum Gasteiger partial charge on any atom is 0.297 e. The molecule has 5 aromatic carbocycles. The highest BCUT2D eigenvalue weighted by Gasteiger charge is 2.27. The van der Waals surface area contributed by atoms with Crippen molar-refractivity contribution in [2.75, 3.05) is 45.8 Å². The van der Waals surface area contributed by atoms with Gasteiger partial charge in [-0.15, -0.1) is 0 Å². The third-order valence-corrected chi connectivity index (χ3v) is 14.8. The zero-order valence-electron chi connectivity index (χ0n) is 42.6. The van der Waals surface area contributed by atoms with Gasteiger partial charge in [-0.25, -0.2) is 13.1 Å². The highest BCUT2D eigenvalue weighted by Crippen LogP contribution is 2.31. The van der Waals surface area contributed by atoms with E-state index in [-0.39, 0.29) is 30.2 Å². The Kier molecular flexibility index (Phi) is 22.9. The van der Waals surface area contributed by atoms with Crippen LogP contribution < -0.4 is 15.8 Å². The molecule has 0 fully saturated rings. The second-order valence-corrected chi connectivity index (χ2v) is 22.0. The molecule has 10 nitrogen and oxygen atoms in total. The van der Waals surface area contributed by atoms with Crippen molar-refractivity contribution in [3.63, 3.8) is 0 Å². The van der Waals surface area contributed by atoms with Crippen LogP contribution in [0.1, 0.15) is 112 Å². The Balaban J connectivity index is 0.000000210. The van der Waals surface area contributed by atoms with Gasteiger partial charge in [0, 0.05) is 18.5 Å². The minimum atomic E-state index is -3.70. The van der Waals surface area contributed by atoms with Crippen molar-refractivity contribution in [2.24, 2.45) is 5.73 Å². The lowest BCUT2D eigenvalue weighted by atomic mass is 9.89. The van der Waals surface area contributed by atoms with E-state index in [0.29, 0.717) is 32.3 Å². The second-order valence-electron chi connectivity index (χ2n) is 18.6. The Morgan fingerprint density at radius 1 is 0.535 bits per heavy atom. The first kappa shape index (κ1) is 56.6. The Labute approximate surface area is 425 Å². The van der Waals surface area contributed by atoms with Crippen LogP contribution in [0.5, 0.6) is 0 Å². The summed E-state index contributed by atoms with van der Waals surface area (Å²) in [6, 6.07) is 46.3. The van der Waals surface area contributed by atoms with Crippen molar-refractivity contribution in [2.45, 2.75) is 96.2 Å². The van der Waals surface area contributed by atoms with Crippen LogP contribution in [-0.2, 0) is 33.8 Å².